The van der Waals surface area contributed by atoms with Gasteiger partial charge in [-0.05, 0) is 40.2 Å². The molecule has 0 unspecified atom stereocenters. The molecule has 2 aromatic carbocycles. The number of alkyl halides is 2. The highest BCUT2D eigenvalue weighted by Gasteiger charge is 2.63. The van der Waals surface area contributed by atoms with Crippen LogP contribution in [-0.2, 0) is 14.2 Å². The summed E-state index contributed by atoms with van der Waals surface area (Å²) in [5.74, 6) is -5.94. The van der Waals surface area contributed by atoms with Crippen LogP contribution in [0.25, 0.3) is 0 Å². The van der Waals surface area contributed by atoms with Gasteiger partial charge in [0.2, 0.25) is 6.23 Å². The van der Waals surface area contributed by atoms with Gasteiger partial charge < -0.3 is 19.9 Å². The normalized spacial score (nSPS) is 20.8. The maximum Gasteiger partial charge on any atom is 0.351 e. The lowest BCUT2D eigenvalue weighted by molar-refractivity contribution is -0.142. The summed E-state index contributed by atoms with van der Waals surface area (Å²) in [7, 11) is 0. The number of nitrogens with zero attached hydrogens (tertiary/aromatic N) is 2. The van der Waals surface area contributed by atoms with E-state index in [2.05, 4.69) is 20.9 Å². The van der Waals surface area contributed by atoms with Crippen LogP contribution >= 0.6 is 15.9 Å². The number of rotatable bonds is 6. The number of carbonyl (C=O) groups is 2. The molecule has 1 fully saturated rings. The zero-order valence-corrected chi connectivity index (χ0v) is 19.4. The molecule has 35 heavy (non-hydrogen) atoms. The number of nitrogen functional groups attached to an aromatic ring is 1. The largest absolute Gasteiger partial charge is 0.459 e. The third-order valence-corrected chi connectivity index (χ3v) is 5.78. The molecule has 4 rings (SSSR count). The second kappa shape index (κ2) is 9.92. The van der Waals surface area contributed by atoms with Gasteiger partial charge in [-0.15, -0.1) is 0 Å². The molecule has 9 nitrogen and oxygen atoms in total. The van der Waals surface area contributed by atoms with E-state index < -0.39 is 48.6 Å². The molecule has 0 amide bonds. The van der Waals surface area contributed by atoms with Crippen LogP contribution in [0.5, 0.6) is 0 Å². The molecule has 3 aromatic rings. The molecule has 1 aliphatic rings. The molecule has 1 aliphatic heterocycles. The Balaban J connectivity index is 1.63. The molecule has 2 N–H and O–H groups in total. The molecule has 1 aromatic heterocycles. The fraction of sp³-hybridized carbons (Fsp3) is 0.217. The van der Waals surface area contributed by atoms with Crippen molar-refractivity contribution in [3.63, 3.8) is 0 Å². The van der Waals surface area contributed by atoms with Gasteiger partial charge >= 0.3 is 23.6 Å². The Morgan fingerprint density at radius 1 is 1.06 bits per heavy atom. The number of aromatic nitrogens is 2. The van der Waals surface area contributed by atoms with Crippen molar-refractivity contribution in [2.24, 2.45) is 0 Å². The molecule has 1 saturated heterocycles. The first-order valence-corrected chi connectivity index (χ1v) is 11.0. The van der Waals surface area contributed by atoms with E-state index in [-0.39, 0.29) is 21.4 Å². The first-order valence-electron chi connectivity index (χ1n) is 10.2. The molecule has 0 spiro atoms. The number of nitrogens with two attached hydrogens (primary N) is 1. The lowest BCUT2D eigenvalue weighted by Gasteiger charge is -2.24. The molecule has 3 atom stereocenters. The van der Waals surface area contributed by atoms with Crippen molar-refractivity contribution in [3.8, 4) is 0 Å². The van der Waals surface area contributed by atoms with Gasteiger partial charge in [-0.3, -0.25) is 4.57 Å². The van der Waals surface area contributed by atoms with Crippen molar-refractivity contribution in [1.29, 1.82) is 0 Å². The van der Waals surface area contributed by atoms with Crippen molar-refractivity contribution < 1.29 is 32.6 Å². The molecular formula is C23H18BrF2N3O6. The minimum absolute atomic E-state index is 0.0286. The summed E-state index contributed by atoms with van der Waals surface area (Å²) in [6, 6.07) is 15.4. The maximum absolute atomic E-state index is 15.6. The first-order chi connectivity index (χ1) is 16.7. The van der Waals surface area contributed by atoms with Crippen LogP contribution in [0.15, 0.2) is 76.1 Å². The molecular weight excluding hydrogens is 532 g/mol. The lowest BCUT2D eigenvalue weighted by atomic mass is 10.1. The predicted molar refractivity (Wildman–Crippen MR) is 122 cm³/mol. The van der Waals surface area contributed by atoms with Gasteiger partial charge in [0.15, 0.2) is 6.10 Å². The zero-order valence-electron chi connectivity index (χ0n) is 17.8. The quantitative estimate of drug-likeness (QED) is 0.465. The van der Waals surface area contributed by atoms with E-state index in [1.807, 2.05) is 0 Å². The Morgan fingerprint density at radius 2 is 1.63 bits per heavy atom. The summed E-state index contributed by atoms with van der Waals surface area (Å²) in [6.45, 7) is -0.676. The summed E-state index contributed by atoms with van der Waals surface area (Å²) in [5.41, 5.74) is 4.66. The van der Waals surface area contributed by atoms with E-state index in [1.165, 1.54) is 24.3 Å². The van der Waals surface area contributed by atoms with Gasteiger partial charge in [-0.25, -0.2) is 14.4 Å². The van der Waals surface area contributed by atoms with E-state index in [0.29, 0.717) is 4.57 Å². The highest BCUT2D eigenvalue weighted by Crippen LogP contribution is 2.44. The van der Waals surface area contributed by atoms with Crippen molar-refractivity contribution in [3.05, 3.63) is 92.9 Å². The van der Waals surface area contributed by atoms with Crippen LogP contribution < -0.4 is 11.4 Å². The molecule has 2 heterocycles. The van der Waals surface area contributed by atoms with E-state index in [9.17, 15) is 14.4 Å². The topological polar surface area (TPSA) is 123 Å². The highest BCUT2D eigenvalue weighted by molar-refractivity contribution is 9.10. The van der Waals surface area contributed by atoms with Gasteiger partial charge in [-0.2, -0.15) is 13.8 Å². The molecule has 0 aliphatic carbocycles. The second-order valence-electron chi connectivity index (χ2n) is 7.52. The molecule has 0 radical (unpaired) electrons. The smallest absolute Gasteiger partial charge is 0.351 e. The van der Waals surface area contributed by atoms with Crippen LogP contribution in [0.1, 0.15) is 26.9 Å². The maximum atomic E-state index is 15.6. The first kappa shape index (κ1) is 24.5. The van der Waals surface area contributed by atoms with Crippen LogP contribution in [0.4, 0.5) is 14.6 Å². The predicted octanol–water partition coefficient (Wildman–Crippen LogP) is 3.20. The van der Waals surface area contributed by atoms with Crippen LogP contribution in [0.3, 0.4) is 0 Å². The fourth-order valence-corrected chi connectivity index (χ4v) is 3.76. The van der Waals surface area contributed by atoms with Gasteiger partial charge in [0, 0.05) is 6.20 Å². The molecule has 12 heteroatoms. The summed E-state index contributed by atoms with van der Waals surface area (Å²) in [4.78, 5) is 40.7. The fourth-order valence-electron chi connectivity index (χ4n) is 3.45. The number of hydrogen-bond acceptors (Lipinski definition) is 8. The number of benzene rings is 2. The number of halogens is 3. The Hall–Kier alpha value is -3.64. The number of hydrogen-bond donors (Lipinski definition) is 1. The standard InChI is InChI=1S/C23H18BrF2N3O6/c24-15-11-29(22(32)28-18(15)27)21-23(25,26)17(35-20(31)14-9-5-2-6-10-14)16(34-21)12-33-19(30)13-7-3-1-4-8-13/h1-11,16-17,21H,12H2,(H2,27,28,32)/t16-,17-,21-/m0/s1. The van der Waals surface area contributed by atoms with Crippen LogP contribution in [-0.4, -0.2) is 46.2 Å². The van der Waals surface area contributed by atoms with E-state index in [1.54, 1.807) is 36.4 Å². The highest BCUT2D eigenvalue weighted by atomic mass is 79.9. The monoisotopic (exact) mass is 549 g/mol. The van der Waals surface area contributed by atoms with Crippen molar-refractivity contribution in [1.82, 2.24) is 9.55 Å². The van der Waals surface area contributed by atoms with Crippen LogP contribution in [0.2, 0.25) is 0 Å². The van der Waals surface area contributed by atoms with E-state index in [4.69, 9.17) is 19.9 Å². The van der Waals surface area contributed by atoms with Crippen molar-refractivity contribution in [2.75, 3.05) is 12.3 Å². The van der Waals surface area contributed by atoms with Crippen LogP contribution in [0, 0.1) is 0 Å². The average Bonchev–Trinajstić information content (AvgIpc) is 3.10. The number of esters is 2. The number of anilines is 1. The SMILES string of the molecule is Nc1nc(=O)n([C@H]2O[C@@H](COC(=O)c3ccccc3)[C@H](OC(=O)c3ccccc3)C2(F)F)cc1Br. The third-order valence-electron chi connectivity index (χ3n) is 5.17. The minimum atomic E-state index is -3.91. The van der Waals surface area contributed by atoms with E-state index >= 15 is 8.78 Å². The van der Waals surface area contributed by atoms with Crippen molar-refractivity contribution in [2.45, 2.75) is 24.4 Å². The molecule has 182 valence electrons. The zero-order chi connectivity index (χ0) is 25.2. The Labute approximate surface area is 205 Å². The van der Waals surface area contributed by atoms with Crippen molar-refractivity contribution >= 4 is 33.7 Å². The molecule has 0 bridgehead atoms. The summed E-state index contributed by atoms with van der Waals surface area (Å²) in [6.07, 6.45) is -5.00. The summed E-state index contributed by atoms with van der Waals surface area (Å²) < 4.78 is 47.5. The van der Waals surface area contributed by atoms with Gasteiger partial charge in [0.25, 0.3) is 0 Å². The molecule has 0 saturated carbocycles. The van der Waals surface area contributed by atoms with Gasteiger partial charge in [0.1, 0.15) is 18.5 Å². The second-order valence-corrected chi connectivity index (χ2v) is 8.38. The number of carbonyl (C=O) groups excluding carboxylic acids is 2. The lowest BCUT2D eigenvalue weighted by Crippen LogP contribution is -2.45. The summed E-state index contributed by atoms with van der Waals surface area (Å²) >= 11 is 3.04. The van der Waals surface area contributed by atoms with E-state index in [0.717, 1.165) is 6.20 Å². The number of ether oxygens (including phenoxy) is 3. The Kier molecular flexibility index (Phi) is 6.94. The average molecular weight is 550 g/mol. The summed E-state index contributed by atoms with van der Waals surface area (Å²) in [5, 5.41) is 0. The van der Waals surface area contributed by atoms with Gasteiger partial charge in [0.05, 0.1) is 15.6 Å². The Morgan fingerprint density at radius 3 is 2.23 bits per heavy atom. The van der Waals surface area contributed by atoms with Gasteiger partial charge in [-0.1, -0.05) is 36.4 Å². The third kappa shape index (κ3) is 5.08. The Bertz CT molecular complexity index is 1290. The minimum Gasteiger partial charge on any atom is -0.459 e.